The molecule has 38 heavy (non-hydrogen) atoms. The molecule has 198 valence electrons. The molecule has 3 aromatic rings. The lowest BCUT2D eigenvalue weighted by Gasteiger charge is -2.13. The number of benzene rings is 3. The first-order chi connectivity index (χ1) is 18.2. The lowest BCUT2D eigenvalue weighted by Crippen LogP contribution is -2.32. The Kier molecular flexibility index (Phi) is 10.6. The van der Waals surface area contributed by atoms with E-state index in [0.29, 0.717) is 47.8 Å². The molecule has 0 atom stereocenters. The van der Waals surface area contributed by atoms with Gasteiger partial charge in [-0.1, -0.05) is 29.3 Å². The van der Waals surface area contributed by atoms with Crippen molar-refractivity contribution in [2.75, 3.05) is 31.5 Å². The molecule has 0 fully saturated rings. The van der Waals surface area contributed by atoms with Crippen molar-refractivity contribution in [1.82, 2.24) is 5.43 Å². The predicted molar refractivity (Wildman–Crippen MR) is 154 cm³/mol. The lowest BCUT2D eigenvalue weighted by atomic mass is 10.2. The van der Waals surface area contributed by atoms with Gasteiger partial charge in [0.05, 0.1) is 24.0 Å². The fourth-order valence-corrected chi connectivity index (χ4v) is 4.33. The number of hydrazone groups is 1. The minimum Gasteiger partial charge on any atom is -0.497 e. The van der Waals surface area contributed by atoms with Crippen LogP contribution in [0.4, 0.5) is 11.4 Å². The number of hydrogen-bond acceptors (Lipinski definition) is 7. The number of ether oxygens (including phenoxy) is 3. The molecule has 3 aromatic carbocycles. The topological polar surface area (TPSA) is 127 Å². The fourth-order valence-electron chi connectivity index (χ4n) is 3.02. The van der Waals surface area contributed by atoms with E-state index >= 15 is 0 Å². The summed E-state index contributed by atoms with van der Waals surface area (Å²) in [7, 11) is 2.94. The van der Waals surface area contributed by atoms with Crippen molar-refractivity contribution in [1.29, 1.82) is 0 Å². The van der Waals surface area contributed by atoms with Gasteiger partial charge in [-0.25, -0.2) is 5.43 Å². The highest BCUT2D eigenvalue weighted by atomic mass is 127. The second-order valence-corrected chi connectivity index (χ2v) is 9.45. The molecular formula is C25H21Cl2IN4O6. The standard InChI is InChI=1S/C25H21Cl2IN4O6/c1-36-19-5-3-4-17(11-19)31-24(34)25(35)32-29-12-14-6-20(28)23(21(7-14)37-2)38-13-22(33)30-18-9-15(26)8-16(27)10-18/h3-12H,13H2,1-2H3,(H,30,33)(H,31,34)(H,32,35)/b29-12+. The van der Waals surface area contributed by atoms with E-state index in [1.165, 1.54) is 20.4 Å². The monoisotopic (exact) mass is 670 g/mol. The van der Waals surface area contributed by atoms with Crippen LogP contribution < -0.4 is 30.3 Å². The Hall–Kier alpha value is -3.55. The van der Waals surface area contributed by atoms with E-state index in [0.717, 1.165) is 0 Å². The average molecular weight is 671 g/mol. The molecule has 3 rings (SSSR count). The summed E-state index contributed by atoms with van der Waals surface area (Å²) in [5.41, 5.74) is 3.54. The molecule has 10 nitrogen and oxygen atoms in total. The van der Waals surface area contributed by atoms with Gasteiger partial charge in [-0.15, -0.1) is 0 Å². The third-order valence-corrected chi connectivity index (χ3v) is 5.90. The highest BCUT2D eigenvalue weighted by Gasteiger charge is 2.15. The van der Waals surface area contributed by atoms with Crippen LogP contribution in [-0.4, -0.2) is 44.8 Å². The van der Waals surface area contributed by atoms with Crippen LogP contribution >= 0.6 is 45.8 Å². The van der Waals surface area contributed by atoms with Gasteiger partial charge >= 0.3 is 11.8 Å². The molecular weight excluding hydrogens is 650 g/mol. The van der Waals surface area contributed by atoms with Gasteiger partial charge in [0.25, 0.3) is 5.91 Å². The number of anilines is 2. The summed E-state index contributed by atoms with van der Waals surface area (Å²) in [5, 5.41) is 9.70. The molecule has 3 N–H and O–H groups in total. The molecule has 0 saturated carbocycles. The summed E-state index contributed by atoms with van der Waals surface area (Å²) in [6, 6.07) is 14.5. The van der Waals surface area contributed by atoms with Gasteiger partial charge in [0, 0.05) is 27.5 Å². The maximum absolute atomic E-state index is 12.3. The van der Waals surface area contributed by atoms with Gasteiger partial charge in [0.1, 0.15) is 5.75 Å². The van der Waals surface area contributed by atoms with Gasteiger partial charge in [-0.3, -0.25) is 14.4 Å². The molecule has 0 aliphatic carbocycles. The number of carbonyl (C=O) groups is 3. The van der Waals surface area contributed by atoms with E-state index in [4.69, 9.17) is 37.4 Å². The van der Waals surface area contributed by atoms with Crippen molar-refractivity contribution in [2.24, 2.45) is 5.10 Å². The maximum atomic E-state index is 12.3. The van der Waals surface area contributed by atoms with Crippen LogP contribution in [0.15, 0.2) is 59.7 Å². The molecule has 0 heterocycles. The predicted octanol–water partition coefficient (Wildman–Crippen LogP) is 4.72. The molecule has 0 bridgehead atoms. The number of rotatable bonds is 9. The maximum Gasteiger partial charge on any atom is 0.329 e. The normalized spacial score (nSPS) is 10.6. The molecule has 0 saturated heterocycles. The van der Waals surface area contributed by atoms with E-state index in [1.807, 2.05) is 22.6 Å². The highest BCUT2D eigenvalue weighted by Crippen LogP contribution is 2.33. The first-order valence-electron chi connectivity index (χ1n) is 10.7. The Balaban J connectivity index is 1.58. The van der Waals surface area contributed by atoms with Gasteiger partial charge in [0.15, 0.2) is 18.1 Å². The quantitative estimate of drug-likeness (QED) is 0.131. The zero-order valence-corrected chi connectivity index (χ0v) is 23.7. The number of nitrogens with zero attached hydrogens (tertiary/aromatic N) is 1. The molecule has 0 aliphatic heterocycles. The molecule has 0 radical (unpaired) electrons. The largest absolute Gasteiger partial charge is 0.497 e. The Morgan fingerprint density at radius 2 is 1.66 bits per heavy atom. The molecule has 0 aromatic heterocycles. The zero-order chi connectivity index (χ0) is 27.7. The van der Waals surface area contributed by atoms with Crippen molar-refractivity contribution in [2.45, 2.75) is 0 Å². The summed E-state index contributed by atoms with van der Waals surface area (Å²) < 4.78 is 16.7. The van der Waals surface area contributed by atoms with Crippen LogP contribution in [0.5, 0.6) is 17.2 Å². The summed E-state index contributed by atoms with van der Waals surface area (Å²) >= 11 is 13.9. The van der Waals surface area contributed by atoms with Crippen molar-refractivity contribution < 1.29 is 28.6 Å². The van der Waals surface area contributed by atoms with E-state index < -0.39 is 17.7 Å². The number of hydrogen-bond donors (Lipinski definition) is 3. The second kappa shape index (κ2) is 13.8. The van der Waals surface area contributed by atoms with Crippen LogP contribution in [0.2, 0.25) is 10.0 Å². The van der Waals surface area contributed by atoms with Gasteiger partial charge in [-0.05, 0) is 70.6 Å². The SMILES string of the molecule is COc1cccc(NC(=O)C(=O)N/N=C/c2cc(I)c(OCC(=O)Nc3cc(Cl)cc(Cl)c3)c(OC)c2)c1. The first kappa shape index (κ1) is 29.0. The lowest BCUT2D eigenvalue weighted by molar-refractivity contribution is -0.136. The third-order valence-electron chi connectivity index (χ3n) is 4.66. The van der Waals surface area contributed by atoms with Crippen molar-refractivity contribution in [3.63, 3.8) is 0 Å². The smallest absolute Gasteiger partial charge is 0.329 e. The van der Waals surface area contributed by atoms with Crippen molar-refractivity contribution in [3.8, 4) is 17.2 Å². The molecule has 0 aliphatic rings. The Bertz CT molecular complexity index is 1370. The minimum absolute atomic E-state index is 0.303. The first-order valence-corrected chi connectivity index (χ1v) is 12.6. The Morgan fingerprint density at radius 1 is 0.921 bits per heavy atom. The van der Waals surface area contributed by atoms with Gasteiger partial charge in [-0.2, -0.15) is 5.10 Å². The van der Waals surface area contributed by atoms with E-state index in [9.17, 15) is 14.4 Å². The fraction of sp³-hybridized carbons (Fsp3) is 0.120. The summed E-state index contributed by atoms with van der Waals surface area (Å²) in [6.45, 7) is -0.303. The number of halogens is 3. The summed E-state index contributed by atoms with van der Waals surface area (Å²) in [6.07, 6.45) is 1.33. The van der Waals surface area contributed by atoms with E-state index in [2.05, 4.69) is 21.2 Å². The molecule has 3 amide bonds. The van der Waals surface area contributed by atoms with Crippen LogP contribution in [0, 0.1) is 3.57 Å². The van der Waals surface area contributed by atoms with Crippen molar-refractivity contribution >= 4 is 81.1 Å². The number of methoxy groups -OCH3 is 2. The number of nitrogens with one attached hydrogen (secondary N) is 3. The van der Waals surface area contributed by atoms with E-state index in [1.54, 1.807) is 54.6 Å². The van der Waals surface area contributed by atoms with Crippen LogP contribution in [0.1, 0.15) is 5.56 Å². The van der Waals surface area contributed by atoms with Gasteiger partial charge < -0.3 is 24.8 Å². The zero-order valence-electron chi connectivity index (χ0n) is 20.0. The summed E-state index contributed by atoms with van der Waals surface area (Å²) in [5.74, 6) is -1.08. The third kappa shape index (κ3) is 8.50. The summed E-state index contributed by atoms with van der Waals surface area (Å²) in [4.78, 5) is 36.5. The van der Waals surface area contributed by atoms with Crippen LogP contribution in [0.3, 0.4) is 0 Å². The molecule has 13 heteroatoms. The molecule has 0 unspecified atom stereocenters. The number of carbonyl (C=O) groups excluding carboxylic acids is 3. The Labute approximate surface area is 241 Å². The number of amides is 3. The van der Waals surface area contributed by atoms with Crippen molar-refractivity contribution in [3.05, 3.63) is 73.8 Å². The van der Waals surface area contributed by atoms with E-state index in [-0.39, 0.29) is 6.61 Å². The highest BCUT2D eigenvalue weighted by molar-refractivity contribution is 14.1. The van der Waals surface area contributed by atoms with Crippen LogP contribution in [0.25, 0.3) is 0 Å². The Morgan fingerprint density at radius 3 is 2.34 bits per heavy atom. The van der Waals surface area contributed by atoms with Crippen LogP contribution in [-0.2, 0) is 14.4 Å². The minimum atomic E-state index is -0.960. The van der Waals surface area contributed by atoms with Gasteiger partial charge in [0.2, 0.25) is 0 Å². The average Bonchev–Trinajstić information content (AvgIpc) is 2.87. The molecule has 0 spiro atoms. The second-order valence-electron chi connectivity index (χ2n) is 7.41.